The van der Waals surface area contributed by atoms with E-state index >= 15 is 0 Å². The first-order valence-electron chi connectivity index (χ1n) is 11.9. The van der Waals surface area contributed by atoms with Crippen molar-refractivity contribution in [2.24, 2.45) is 0 Å². The van der Waals surface area contributed by atoms with Crippen LogP contribution in [0.1, 0.15) is 5.56 Å². The average molecular weight is 466 g/mol. The van der Waals surface area contributed by atoms with E-state index in [0.29, 0.717) is 0 Å². The van der Waals surface area contributed by atoms with Crippen molar-refractivity contribution in [3.05, 3.63) is 121 Å². The molecule has 0 saturated carbocycles. The summed E-state index contributed by atoms with van der Waals surface area (Å²) in [5.41, 5.74) is 6.06. The summed E-state index contributed by atoms with van der Waals surface area (Å²) in [6, 6.07) is 41.6. The zero-order valence-electron chi connectivity index (χ0n) is 19.4. The number of thiophene rings is 1. The van der Waals surface area contributed by atoms with Crippen molar-refractivity contribution < 1.29 is 0 Å². The van der Waals surface area contributed by atoms with Gasteiger partial charge in [-0.2, -0.15) is 0 Å². The van der Waals surface area contributed by atoms with Gasteiger partial charge in [0.1, 0.15) is 0 Å². The molecule has 166 valence electrons. The van der Waals surface area contributed by atoms with E-state index in [-0.39, 0.29) is 0 Å². The zero-order valence-corrected chi connectivity index (χ0v) is 20.2. The van der Waals surface area contributed by atoms with Gasteiger partial charge in [-0.25, -0.2) is 0 Å². The molecule has 1 N–H and O–H groups in total. The van der Waals surface area contributed by atoms with Crippen LogP contribution >= 0.6 is 11.3 Å². The summed E-state index contributed by atoms with van der Waals surface area (Å²) in [5, 5.41) is 11.6. The zero-order chi connectivity index (χ0) is 23.4. The number of nitrogens with one attached hydrogen (secondary N) is 1. The summed E-state index contributed by atoms with van der Waals surface area (Å²) in [4.78, 5) is 0. The molecule has 0 amide bonds. The van der Waals surface area contributed by atoms with Crippen molar-refractivity contribution in [3.63, 3.8) is 0 Å². The lowest BCUT2D eigenvalue weighted by molar-refractivity contribution is 1.57. The molecule has 0 unspecified atom stereocenters. The number of anilines is 2. The van der Waals surface area contributed by atoms with Crippen LogP contribution in [-0.4, -0.2) is 0 Å². The SMILES string of the molecule is Cc1cc2ccccc2c2c1sc1c(Nc3ccc(-c4ccc5ccccc5c4)cc3)cccc12. The quantitative estimate of drug-likeness (QED) is 0.274. The number of benzene rings is 6. The minimum atomic E-state index is 1.10. The minimum absolute atomic E-state index is 1.10. The maximum absolute atomic E-state index is 3.69. The first-order chi connectivity index (χ1) is 17.2. The normalized spacial score (nSPS) is 11.6. The van der Waals surface area contributed by atoms with Gasteiger partial charge in [0.25, 0.3) is 0 Å². The second-order valence-corrected chi connectivity index (χ2v) is 10.2. The third kappa shape index (κ3) is 3.38. The summed E-state index contributed by atoms with van der Waals surface area (Å²) >= 11 is 1.89. The molecule has 35 heavy (non-hydrogen) atoms. The van der Waals surface area contributed by atoms with Gasteiger partial charge in [0.15, 0.2) is 0 Å². The lowest BCUT2D eigenvalue weighted by Crippen LogP contribution is -1.90. The molecule has 6 aromatic carbocycles. The van der Waals surface area contributed by atoms with E-state index in [0.717, 1.165) is 11.4 Å². The predicted molar refractivity (Wildman–Crippen MR) is 154 cm³/mol. The lowest BCUT2D eigenvalue weighted by Gasteiger charge is -2.10. The van der Waals surface area contributed by atoms with Crippen molar-refractivity contribution in [1.29, 1.82) is 0 Å². The third-order valence-electron chi connectivity index (χ3n) is 6.92. The lowest BCUT2D eigenvalue weighted by atomic mass is 10.0. The van der Waals surface area contributed by atoms with E-state index in [1.165, 1.54) is 58.4 Å². The molecular formula is C33H23NS. The molecule has 2 heteroatoms. The highest BCUT2D eigenvalue weighted by molar-refractivity contribution is 7.26. The van der Waals surface area contributed by atoms with Crippen LogP contribution in [0.25, 0.3) is 52.8 Å². The Balaban J connectivity index is 1.28. The highest BCUT2D eigenvalue weighted by Gasteiger charge is 2.14. The van der Waals surface area contributed by atoms with Gasteiger partial charge >= 0.3 is 0 Å². The number of aryl methyl sites for hydroxylation is 1. The van der Waals surface area contributed by atoms with Crippen molar-refractivity contribution in [2.45, 2.75) is 6.92 Å². The topological polar surface area (TPSA) is 12.0 Å². The third-order valence-corrected chi connectivity index (χ3v) is 8.30. The average Bonchev–Trinajstić information content (AvgIpc) is 3.31. The van der Waals surface area contributed by atoms with Crippen molar-refractivity contribution in [1.82, 2.24) is 0 Å². The Kier molecular flexibility index (Phi) is 4.61. The molecule has 1 heterocycles. The van der Waals surface area contributed by atoms with Crippen LogP contribution in [0.5, 0.6) is 0 Å². The van der Waals surface area contributed by atoms with E-state index in [1.54, 1.807) is 0 Å². The van der Waals surface area contributed by atoms with Crippen LogP contribution in [-0.2, 0) is 0 Å². The Morgan fingerprint density at radius 3 is 2.11 bits per heavy atom. The van der Waals surface area contributed by atoms with Crippen LogP contribution in [0.2, 0.25) is 0 Å². The van der Waals surface area contributed by atoms with Gasteiger partial charge in [-0.15, -0.1) is 11.3 Å². The van der Waals surface area contributed by atoms with Gasteiger partial charge in [0.05, 0.1) is 10.4 Å². The van der Waals surface area contributed by atoms with E-state index in [4.69, 9.17) is 0 Å². The van der Waals surface area contributed by atoms with Crippen LogP contribution in [0.4, 0.5) is 11.4 Å². The molecule has 0 atom stereocenters. The molecule has 1 aromatic heterocycles. The predicted octanol–water partition coefficient (Wildman–Crippen LogP) is 10.1. The molecular weight excluding hydrogens is 442 g/mol. The highest BCUT2D eigenvalue weighted by Crippen LogP contribution is 2.43. The number of hydrogen-bond acceptors (Lipinski definition) is 2. The molecule has 0 spiro atoms. The Bertz CT molecular complexity index is 1880. The smallest absolute Gasteiger partial charge is 0.0590 e. The fourth-order valence-electron chi connectivity index (χ4n) is 5.18. The molecule has 0 aliphatic rings. The van der Waals surface area contributed by atoms with Gasteiger partial charge in [0.2, 0.25) is 0 Å². The van der Waals surface area contributed by atoms with E-state index < -0.39 is 0 Å². The van der Waals surface area contributed by atoms with Crippen molar-refractivity contribution in [2.75, 3.05) is 5.32 Å². The Morgan fingerprint density at radius 2 is 1.26 bits per heavy atom. The van der Waals surface area contributed by atoms with Crippen LogP contribution in [0.15, 0.2) is 115 Å². The maximum atomic E-state index is 3.69. The largest absolute Gasteiger partial charge is 0.354 e. The second kappa shape index (κ2) is 7.97. The molecule has 0 aliphatic heterocycles. The summed E-state index contributed by atoms with van der Waals surface area (Å²) in [7, 11) is 0. The van der Waals surface area contributed by atoms with Gasteiger partial charge in [-0.05, 0) is 75.5 Å². The first kappa shape index (κ1) is 20.3. The molecule has 0 bridgehead atoms. The van der Waals surface area contributed by atoms with Crippen LogP contribution < -0.4 is 5.32 Å². The number of rotatable bonds is 3. The van der Waals surface area contributed by atoms with Gasteiger partial charge in [0, 0.05) is 21.2 Å². The van der Waals surface area contributed by atoms with Gasteiger partial charge in [-0.3, -0.25) is 0 Å². The molecule has 7 rings (SSSR count). The Labute approximate surface area is 208 Å². The van der Waals surface area contributed by atoms with Gasteiger partial charge in [-0.1, -0.05) is 84.9 Å². The fourth-order valence-corrected chi connectivity index (χ4v) is 6.44. The summed E-state index contributed by atoms with van der Waals surface area (Å²) < 4.78 is 2.68. The summed E-state index contributed by atoms with van der Waals surface area (Å²) in [5.74, 6) is 0. The van der Waals surface area contributed by atoms with Crippen LogP contribution in [0, 0.1) is 6.92 Å². The number of hydrogen-bond donors (Lipinski definition) is 1. The molecule has 0 fully saturated rings. The second-order valence-electron chi connectivity index (χ2n) is 9.17. The van der Waals surface area contributed by atoms with Crippen LogP contribution in [0.3, 0.4) is 0 Å². The van der Waals surface area contributed by atoms with Crippen molar-refractivity contribution >= 4 is 64.4 Å². The maximum Gasteiger partial charge on any atom is 0.0590 e. The van der Waals surface area contributed by atoms with Gasteiger partial charge < -0.3 is 5.32 Å². The Hall–Kier alpha value is -4.14. The standard InChI is InChI=1S/C33H23NS/c1-21-19-26-9-4-5-10-28(26)31-29-11-6-12-30(33(29)35-32(21)31)34-27-17-15-23(16-18-27)25-14-13-22-7-2-3-8-24(22)20-25/h2-20,34H,1H3. The first-order valence-corrected chi connectivity index (χ1v) is 12.8. The fraction of sp³-hybridized carbons (Fsp3) is 0.0303. The number of fused-ring (bicyclic) bond motifs is 6. The highest BCUT2D eigenvalue weighted by atomic mass is 32.1. The molecule has 1 nitrogen and oxygen atoms in total. The molecule has 0 aliphatic carbocycles. The summed E-state index contributed by atoms with van der Waals surface area (Å²) in [6.45, 7) is 2.22. The minimum Gasteiger partial charge on any atom is -0.354 e. The van der Waals surface area contributed by atoms with E-state index in [9.17, 15) is 0 Å². The van der Waals surface area contributed by atoms with Crippen molar-refractivity contribution in [3.8, 4) is 11.1 Å². The van der Waals surface area contributed by atoms with E-state index in [2.05, 4.69) is 128 Å². The monoisotopic (exact) mass is 465 g/mol. The summed E-state index contributed by atoms with van der Waals surface area (Å²) in [6.07, 6.45) is 0. The molecule has 0 saturated heterocycles. The molecule has 7 aromatic rings. The molecule has 0 radical (unpaired) electrons. The Morgan fingerprint density at radius 1 is 0.543 bits per heavy atom. The van der Waals surface area contributed by atoms with E-state index in [1.807, 2.05) is 11.3 Å².